The topological polar surface area (TPSA) is 40.5 Å². The van der Waals surface area contributed by atoms with Crippen molar-refractivity contribution in [2.75, 3.05) is 0 Å². The molecule has 0 saturated carbocycles. The van der Waals surface area contributed by atoms with Crippen LogP contribution < -0.4 is 0 Å². The SMILES string of the molecule is Oc1cc2sc3ccccc3c2cc1O. The summed E-state index contributed by atoms with van der Waals surface area (Å²) in [5.41, 5.74) is 0. The van der Waals surface area contributed by atoms with Crippen molar-refractivity contribution in [1.82, 2.24) is 0 Å². The van der Waals surface area contributed by atoms with Crippen molar-refractivity contribution in [3.63, 3.8) is 0 Å². The van der Waals surface area contributed by atoms with Gasteiger partial charge in [0.25, 0.3) is 0 Å². The van der Waals surface area contributed by atoms with Crippen molar-refractivity contribution in [2.45, 2.75) is 0 Å². The highest BCUT2D eigenvalue weighted by molar-refractivity contribution is 7.25. The Labute approximate surface area is 90.0 Å². The van der Waals surface area contributed by atoms with Crippen LogP contribution in [0.15, 0.2) is 36.4 Å². The number of fused-ring (bicyclic) bond motifs is 3. The molecule has 2 nitrogen and oxygen atoms in total. The monoisotopic (exact) mass is 216 g/mol. The molecule has 0 atom stereocenters. The van der Waals surface area contributed by atoms with Crippen LogP contribution in [0.4, 0.5) is 0 Å². The van der Waals surface area contributed by atoms with Crippen LogP contribution in [-0.4, -0.2) is 10.2 Å². The van der Waals surface area contributed by atoms with Gasteiger partial charge in [-0.1, -0.05) is 18.2 Å². The van der Waals surface area contributed by atoms with E-state index in [4.69, 9.17) is 0 Å². The van der Waals surface area contributed by atoms with Crippen molar-refractivity contribution < 1.29 is 10.2 Å². The predicted molar refractivity (Wildman–Crippen MR) is 62.7 cm³/mol. The summed E-state index contributed by atoms with van der Waals surface area (Å²) >= 11 is 1.61. The van der Waals surface area contributed by atoms with Crippen LogP contribution in [0.1, 0.15) is 0 Å². The second kappa shape index (κ2) is 2.87. The Kier molecular flexibility index (Phi) is 1.64. The molecule has 0 spiro atoms. The lowest BCUT2D eigenvalue weighted by Gasteiger charge is -1.96. The molecule has 0 aliphatic heterocycles. The van der Waals surface area contributed by atoms with E-state index in [0.717, 1.165) is 20.2 Å². The van der Waals surface area contributed by atoms with Crippen LogP contribution in [-0.2, 0) is 0 Å². The Hall–Kier alpha value is -1.74. The zero-order valence-corrected chi connectivity index (χ0v) is 8.58. The summed E-state index contributed by atoms with van der Waals surface area (Å²) in [6.45, 7) is 0. The van der Waals surface area contributed by atoms with Gasteiger partial charge in [0, 0.05) is 26.2 Å². The second-order valence-electron chi connectivity index (χ2n) is 3.44. The van der Waals surface area contributed by atoms with E-state index in [1.807, 2.05) is 24.3 Å². The highest BCUT2D eigenvalue weighted by atomic mass is 32.1. The van der Waals surface area contributed by atoms with Gasteiger partial charge in [-0.3, -0.25) is 0 Å². The standard InChI is InChI=1S/C12H8O2S/c13-9-5-8-7-3-1-2-4-11(7)15-12(8)6-10(9)14/h1-6,13-14H. The molecule has 0 aliphatic rings. The zero-order chi connectivity index (χ0) is 10.4. The Morgan fingerprint density at radius 1 is 0.800 bits per heavy atom. The van der Waals surface area contributed by atoms with E-state index in [9.17, 15) is 10.2 Å². The van der Waals surface area contributed by atoms with E-state index in [1.165, 1.54) is 0 Å². The van der Waals surface area contributed by atoms with Gasteiger partial charge in [0.2, 0.25) is 0 Å². The molecule has 0 aliphatic carbocycles. The number of phenolic OH excluding ortho intramolecular Hbond substituents is 2. The number of phenols is 2. The highest BCUT2D eigenvalue weighted by Crippen LogP contribution is 2.39. The first-order valence-corrected chi connectivity index (χ1v) is 5.40. The van der Waals surface area contributed by atoms with E-state index in [0.29, 0.717) is 0 Å². The lowest BCUT2D eigenvalue weighted by molar-refractivity contribution is 0.405. The van der Waals surface area contributed by atoms with Gasteiger partial charge in [0.1, 0.15) is 0 Å². The van der Waals surface area contributed by atoms with E-state index < -0.39 is 0 Å². The van der Waals surface area contributed by atoms with E-state index in [2.05, 4.69) is 0 Å². The molecule has 2 aromatic carbocycles. The van der Waals surface area contributed by atoms with Crippen molar-refractivity contribution in [1.29, 1.82) is 0 Å². The van der Waals surface area contributed by atoms with Gasteiger partial charge in [0.15, 0.2) is 11.5 Å². The molecule has 0 radical (unpaired) electrons. The summed E-state index contributed by atoms with van der Waals surface area (Å²) in [5, 5.41) is 21.0. The largest absolute Gasteiger partial charge is 0.504 e. The Morgan fingerprint density at radius 2 is 1.53 bits per heavy atom. The van der Waals surface area contributed by atoms with Gasteiger partial charge in [-0.15, -0.1) is 11.3 Å². The Bertz CT molecular complexity index is 655. The molecule has 0 bridgehead atoms. The van der Waals surface area contributed by atoms with Gasteiger partial charge in [-0.2, -0.15) is 0 Å². The summed E-state index contributed by atoms with van der Waals surface area (Å²) in [7, 11) is 0. The highest BCUT2D eigenvalue weighted by Gasteiger charge is 2.07. The van der Waals surface area contributed by atoms with E-state index in [-0.39, 0.29) is 11.5 Å². The fourth-order valence-electron chi connectivity index (χ4n) is 1.75. The lowest BCUT2D eigenvalue weighted by Crippen LogP contribution is -1.69. The summed E-state index contributed by atoms with van der Waals surface area (Å²) in [4.78, 5) is 0. The third kappa shape index (κ3) is 1.17. The first-order valence-electron chi connectivity index (χ1n) is 4.59. The van der Waals surface area contributed by atoms with Gasteiger partial charge in [-0.05, 0) is 12.1 Å². The van der Waals surface area contributed by atoms with Gasteiger partial charge in [-0.25, -0.2) is 0 Å². The molecule has 2 N–H and O–H groups in total. The second-order valence-corrected chi connectivity index (χ2v) is 4.52. The maximum absolute atomic E-state index is 9.45. The minimum atomic E-state index is -0.0638. The summed E-state index contributed by atoms with van der Waals surface area (Å²) in [5.74, 6) is -0.125. The minimum Gasteiger partial charge on any atom is -0.504 e. The number of benzene rings is 2. The maximum atomic E-state index is 9.45. The molecular weight excluding hydrogens is 208 g/mol. The number of aromatic hydroxyl groups is 2. The number of hydrogen-bond donors (Lipinski definition) is 2. The third-order valence-electron chi connectivity index (χ3n) is 2.47. The van der Waals surface area contributed by atoms with Crippen molar-refractivity contribution in [3.8, 4) is 11.5 Å². The Morgan fingerprint density at radius 3 is 2.40 bits per heavy atom. The van der Waals surface area contributed by atoms with Crippen LogP contribution >= 0.6 is 11.3 Å². The molecule has 15 heavy (non-hydrogen) atoms. The number of thiophene rings is 1. The summed E-state index contributed by atoms with van der Waals surface area (Å²) < 4.78 is 2.16. The molecule has 3 aromatic rings. The van der Waals surface area contributed by atoms with E-state index in [1.54, 1.807) is 23.5 Å². The van der Waals surface area contributed by atoms with Gasteiger partial charge < -0.3 is 10.2 Å². The van der Waals surface area contributed by atoms with Crippen molar-refractivity contribution in [2.24, 2.45) is 0 Å². The van der Waals surface area contributed by atoms with Crippen molar-refractivity contribution >= 4 is 31.5 Å². The average molecular weight is 216 g/mol. The van der Waals surface area contributed by atoms with Crippen LogP contribution in [0, 0.1) is 0 Å². The molecule has 3 heteroatoms. The third-order valence-corrected chi connectivity index (χ3v) is 3.61. The fraction of sp³-hybridized carbons (Fsp3) is 0. The molecule has 0 saturated heterocycles. The van der Waals surface area contributed by atoms with Crippen LogP contribution in [0.25, 0.3) is 20.2 Å². The normalized spacial score (nSPS) is 11.2. The molecule has 0 amide bonds. The molecule has 3 rings (SSSR count). The average Bonchev–Trinajstić information content (AvgIpc) is 2.57. The minimum absolute atomic E-state index is 0.0611. The molecule has 1 heterocycles. The number of hydrogen-bond acceptors (Lipinski definition) is 3. The lowest BCUT2D eigenvalue weighted by atomic mass is 10.1. The quantitative estimate of drug-likeness (QED) is 0.565. The molecule has 74 valence electrons. The maximum Gasteiger partial charge on any atom is 0.158 e. The van der Waals surface area contributed by atoms with E-state index >= 15 is 0 Å². The zero-order valence-electron chi connectivity index (χ0n) is 7.77. The molecule has 0 fully saturated rings. The summed E-state index contributed by atoms with van der Waals surface area (Å²) in [6, 6.07) is 11.2. The summed E-state index contributed by atoms with van der Waals surface area (Å²) in [6.07, 6.45) is 0. The first-order chi connectivity index (χ1) is 7.25. The van der Waals surface area contributed by atoms with Crippen LogP contribution in [0.2, 0.25) is 0 Å². The van der Waals surface area contributed by atoms with Gasteiger partial charge >= 0.3 is 0 Å². The molecular formula is C12H8O2S. The number of rotatable bonds is 0. The Balaban J connectivity index is 2.56. The molecule has 1 aromatic heterocycles. The first kappa shape index (κ1) is 8.56. The van der Waals surface area contributed by atoms with Gasteiger partial charge in [0.05, 0.1) is 0 Å². The van der Waals surface area contributed by atoms with Crippen molar-refractivity contribution in [3.05, 3.63) is 36.4 Å². The van der Waals surface area contributed by atoms with Crippen LogP contribution in [0.5, 0.6) is 11.5 Å². The fourth-order valence-corrected chi connectivity index (χ4v) is 2.87. The smallest absolute Gasteiger partial charge is 0.158 e. The van der Waals surface area contributed by atoms with Crippen LogP contribution in [0.3, 0.4) is 0 Å². The molecule has 0 unspecified atom stereocenters. The predicted octanol–water partition coefficient (Wildman–Crippen LogP) is 3.47.